The Morgan fingerprint density at radius 1 is 1.14 bits per heavy atom. The van der Waals surface area contributed by atoms with E-state index in [1.807, 2.05) is 0 Å². The van der Waals surface area contributed by atoms with Crippen molar-refractivity contribution in [1.29, 1.82) is 0 Å². The lowest BCUT2D eigenvalue weighted by molar-refractivity contribution is -0.160. The summed E-state index contributed by atoms with van der Waals surface area (Å²) in [7, 11) is -6.16. The van der Waals surface area contributed by atoms with Gasteiger partial charge in [0, 0.05) is 12.3 Å². The number of hydrogen-bond acceptors (Lipinski definition) is 7. The Hall–Kier alpha value is -2.39. The fourth-order valence-corrected chi connectivity index (χ4v) is 8.54. The second-order valence-corrected chi connectivity index (χ2v) is 20.8. The van der Waals surface area contributed by atoms with Gasteiger partial charge in [0.15, 0.2) is 8.32 Å². The predicted octanol–water partition coefficient (Wildman–Crippen LogP) is 7.58. The largest absolute Gasteiger partial charge is 0.462 e. The molecule has 1 aromatic rings. The van der Waals surface area contributed by atoms with E-state index < -0.39 is 34.4 Å². The van der Waals surface area contributed by atoms with Gasteiger partial charge in [0.1, 0.15) is 24.2 Å². The van der Waals surface area contributed by atoms with Gasteiger partial charge < -0.3 is 28.6 Å². The highest BCUT2D eigenvalue weighted by Crippen LogP contribution is 2.46. The molecule has 4 rings (SSSR count). The number of hydrogen-bond donors (Lipinski definition) is 2. The number of carbonyl (C=O) groups is 2. The van der Waals surface area contributed by atoms with Crippen LogP contribution in [0.15, 0.2) is 54.1 Å². The number of amides is 1. The smallest absolute Gasteiger partial charge is 0.408 e. The van der Waals surface area contributed by atoms with Gasteiger partial charge in [0.25, 0.3) is 0 Å². The van der Waals surface area contributed by atoms with Crippen LogP contribution in [-0.2, 0) is 23.3 Å². The second-order valence-electron chi connectivity index (χ2n) is 14.2. The van der Waals surface area contributed by atoms with Crippen LogP contribution in [0.5, 0.6) is 5.75 Å². The van der Waals surface area contributed by atoms with Crippen LogP contribution in [0.4, 0.5) is 4.79 Å². The summed E-state index contributed by atoms with van der Waals surface area (Å²) < 4.78 is 36.1. The molecule has 1 aliphatic heterocycles. The lowest BCUT2D eigenvalue weighted by Crippen LogP contribution is -2.47. The van der Waals surface area contributed by atoms with Crippen molar-refractivity contribution in [3.05, 3.63) is 54.1 Å². The molecule has 0 saturated carbocycles. The monoisotopic (exact) mass is 647 g/mol. The molecular formula is C33H50NO8PSi. The van der Waals surface area contributed by atoms with Gasteiger partial charge in [-0.05, 0) is 72.9 Å². The standard InChI is InChI=1S/C33H50NO8PSi/c1-22-17-24-14-13-23(2)28(16-15-26-19-27(20-30(35)39-26)42-44(6,7)33(3,4)5)31(24)29(18-22)40-32(36)34-21-43(37,38)41-25-11-9-8-10-12-25/h8-14,17,22-23,26-29,31H,15-16,18-21H2,1-7H3,(H,34,36)(H,37,38)/t22-,23-,26+,27+,28-,29-,31-/m0/s1. The zero-order valence-corrected chi connectivity index (χ0v) is 29.0. The Bertz CT molecular complexity index is 1280. The highest BCUT2D eigenvalue weighted by molar-refractivity contribution is 7.53. The first-order valence-corrected chi connectivity index (χ1v) is 20.5. The fraction of sp³-hybridized carbons (Fsp3) is 0.636. The summed E-state index contributed by atoms with van der Waals surface area (Å²) in [6.07, 6.45) is 7.65. The molecule has 244 valence electrons. The highest BCUT2D eigenvalue weighted by Gasteiger charge is 2.44. The summed E-state index contributed by atoms with van der Waals surface area (Å²) in [4.78, 5) is 35.8. The molecule has 0 spiro atoms. The van der Waals surface area contributed by atoms with Crippen LogP contribution >= 0.6 is 7.60 Å². The maximum absolute atomic E-state index is 12.9. The number of carbonyl (C=O) groups excluding carboxylic acids is 2. The van der Waals surface area contributed by atoms with Gasteiger partial charge in [0.2, 0.25) is 0 Å². The molecule has 2 N–H and O–H groups in total. The zero-order chi connectivity index (χ0) is 32.3. The number of allylic oxidation sites excluding steroid dienone is 3. The minimum absolute atomic E-state index is 0.0305. The number of esters is 1. The molecule has 0 bridgehead atoms. The number of ether oxygens (including phenoxy) is 2. The maximum Gasteiger partial charge on any atom is 0.408 e. The molecule has 1 unspecified atom stereocenters. The van der Waals surface area contributed by atoms with E-state index in [-0.39, 0.29) is 52.6 Å². The highest BCUT2D eigenvalue weighted by atomic mass is 31.2. The van der Waals surface area contributed by atoms with Gasteiger partial charge in [-0.3, -0.25) is 4.79 Å². The Balaban J connectivity index is 1.39. The van der Waals surface area contributed by atoms with Crippen molar-refractivity contribution in [2.24, 2.45) is 23.7 Å². The first kappa shape index (κ1) is 34.5. The molecule has 2 aliphatic carbocycles. The number of para-hydroxylation sites is 1. The van der Waals surface area contributed by atoms with Crippen molar-refractivity contribution in [1.82, 2.24) is 5.32 Å². The Kier molecular flexibility index (Phi) is 10.9. The molecule has 11 heteroatoms. The minimum Gasteiger partial charge on any atom is -0.462 e. The zero-order valence-electron chi connectivity index (χ0n) is 27.2. The van der Waals surface area contributed by atoms with Gasteiger partial charge in [0.05, 0.1) is 12.5 Å². The van der Waals surface area contributed by atoms with E-state index in [0.29, 0.717) is 25.7 Å². The Morgan fingerprint density at radius 2 is 1.84 bits per heavy atom. The molecule has 1 saturated heterocycles. The first-order chi connectivity index (χ1) is 20.5. The number of nitrogens with one attached hydrogen (secondary N) is 1. The maximum atomic E-state index is 12.9. The van der Waals surface area contributed by atoms with Crippen molar-refractivity contribution in [2.45, 2.75) is 103 Å². The van der Waals surface area contributed by atoms with Crippen molar-refractivity contribution in [3.63, 3.8) is 0 Å². The number of cyclic esters (lactones) is 1. The van der Waals surface area contributed by atoms with Crippen LogP contribution in [0.2, 0.25) is 18.1 Å². The topological polar surface area (TPSA) is 120 Å². The number of fused-ring (bicyclic) bond motifs is 1. The normalized spacial score (nSPS) is 30.3. The SMILES string of the molecule is C[C@H]1C=C2C=C[C@H](C)[C@H](CC[C@@H]3C[C@@H](O[Si](C)(C)C(C)(C)C)CC(=O)O3)[C@H]2[C@@H](OC(=O)NCP(=O)(O)Oc2ccccc2)C1. The molecule has 9 nitrogen and oxygen atoms in total. The van der Waals surface area contributed by atoms with Crippen molar-refractivity contribution in [2.75, 3.05) is 6.29 Å². The summed E-state index contributed by atoms with van der Waals surface area (Å²) in [5.74, 6) is 0.617. The molecule has 0 aromatic heterocycles. The van der Waals surface area contributed by atoms with Crippen LogP contribution in [0.1, 0.15) is 66.7 Å². The summed E-state index contributed by atoms with van der Waals surface area (Å²) in [5, 5.41) is 2.50. The van der Waals surface area contributed by atoms with Gasteiger partial charge in [-0.25, -0.2) is 9.36 Å². The molecule has 0 radical (unpaired) electrons. The third kappa shape index (κ3) is 9.09. The molecular weight excluding hydrogens is 597 g/mol. The molecule has 1 aromatic carbocycles. The van der Waals surface area contributed by atoms with E-state index in [1.165, 1.54) is 0 Å². The average Bonchev–Trinajstić information content (AvgIpc) is 2.91. The van der Waals surface area contributed by atoms with Crippen LogP contribution < -0.4 is 9.84 Å². The number of benzene rings is 1. The fourth-order valence-electron chi connectivity index (χ4n) is 6.33. The Morgan fingerprint density at radius 3 is 2.52 bits per heavy atom. The van der Waals surface area contributed by atoms with E-state index in [1.54, 1.807) is 30.3 Å². The molecule has 1 amide bonds. The molecule has 8 atom stereocenters. The summed E-state index contributed by atoms with van der Waals surface area (Å²) in [6.45, 7) is 15.3. The van der Waals surface area contributed by atoms with Gasteiger partial charge >= 0.3 is 19.7 Å². The lowest BCUT2D eigenvalue weighted by Gasteiger charge is -2.44. The molecule has 1 heterocycles. The molecule has 3 aliphatic rings. The van der Waals surface area contributed by atoms with Crippen LogP contribution in [0, 0.1) is 23.7 Å². The predicted molar refractivity (Wildman–Crippen MR) is 173 cm³/mol. The van der Waals surface area contributed by atoms with Crippen molar-refractivity contribution >= 4 is 28.0 Å². The Labute approximate surface area is 263 Å². The van der Waals surface area contributed by atoms with Gasteiger partial charge in [-0.15, -0.1) is 0 Å². The van der Waals surface area contributed by atoms with E-state index in [9.17, 15) is 19.0 Å². The third-order valence-corrected chi connectivity index (χ3v) is 15.2. The molecule has 44 heavy (non-hydrogen) atoms. The van der Waals surface area contributed by atoms with Gasteiger partial charge in [-0.1, -0.05) is 71.0 Å². The lowest BCUT2D eigenvalue weighted by atomic mass is 9.65. The van der Waals surface area contributed by atoms with E-state index in [2.05, 4.69) is 71.3 Å². The van der Waals surface area contributed by atoms with E-state index in [0.717, 1.165) is 12.0 Å². The summed E-state index contributed by atoms with van der Waals surface area (Å²) in [6, 6.07) is 8.32. The third-order valence-electron chi connectivity index (χ3n) is 9.58. The second kappa shape index (κ2) is 13.9. The van der Waals surface area contributed by atoms with Crippen LogP contribution in [0.3, 0.4) is 0 Å². The minimum atomic E-state index is -4.13. The van der Waals surface area contributed by atoms with Crippen LogP contribution in [0.25, 0.3) is 0 Å². The summed E-state index contributed by atoms with van der Waals surface area (Å²) in [5.41, 5.74) is 1.14. The average molecular weight is 648 g/mol. The van der Waals surface area contributed by atoms with Crippen molar-refractivity contribution in [3.8, 4) is 5.75 Å². The van der Waals surface area contributed by atoms with Crippen molar-refractivity contribution < 1.29 is 37.5 Å². The van der Waals surface area contributed by atoms with E-state index >= 15 is 0 Å². The number of alkyl carbamates (subject to hydrolysis) is 1. The summed E-state index contributed by atoms with van der Waals surface area (Å²) >= 11 is 0. The first-order valence-electron chi connectivity index (χ1n) is 15.8. The van der Waals surface area contributed by atoms with Gasteiger partial charge in [-0.2, -0.15) is 0 Å². The quantitative estimate of drug-likeness (QED) is 0.152. The van der Waals surface area contributed by atoms with E-state index in [4.69, 9.17) is 18.4 Å². The van der Waals surface area contributed by atoms with Crippen LogP contribution in [-0.4, -0.2) is 49.9 Å². The number of rotatable bonds is 10. The molecule has 1 fully saturated rings.